The minimum absolute atomic E-state index is 0.647. The van der Waals surface area contributed by atoms with Gasteiger partial charge in [0.1, 0.15) is 11.2 Å². The molecule has 0 bridgehead atoms. The smallest absolute Gasteiger partial charge is 0.235 e. The molecule has 7 aromatic carbocycles. The number of benzene rings is 7. The monoisotopic (exact) mass is 643 g/mol. The van der Waals surface area contributed by atoms with Crippen molar-refractivity contribution in [3.05, 3.63) is 152 Å². The molecule has 0 saturated heterocycles. The van der Waals surface area contributed by atoms with E-state index in [1.807, 2.05) is 23.5 Å². The number of hydrogen-bond donors (Lipinski definition) is 0. The average molecular weight is 644 g/mol. The highest BCUT2D eigenvalue weighted by molar-refractivity contribution is 7.27. The van der Waals surface area contributed by atoms with E-state index in [9.17, 15) is 0 Å². The van der Waals surface area contributed by atoms with E-state index in [1.54, 1.807) is 0 Å². The molecule has 0 amide bonds. The van der Waals surface area contributed by atoms with Crippen LogP contribution in [-0.2, 0) is 0 Å². The fourth-order valence-electron chi connectivity index (χ4n) is 7.66. The van der Waals surface area contributed by atoms with Crippen LogP contribution in [0.2, 0.25) is 0 Å². The van der Waals surface area contributed by atoms with Crippen molar-refractivity contribution in [1.82, 2.24) is 14.5 Å². The molecule has 0 spiro atoms. The summed E-state index contributed by atoms with van der Waals surface area (Å²) in [4.78, 5) is 10.8. The zero-order chi connectivity index (χ0) is 32.1. The van der Waals surface area contributed by atoms with Gasteiger partial charge in [0.05, 0.1) is 26.9 Å². The third-order valence-electron chi connectivity index (χ3n) is 9.80. The first kappa shape index (κ1) is 26.7. The molecule has 0 aliphatic rings. The van der Waals surface area contributed by atoms with E-state index in [1.165, 1.54) is 14.8 Å². The SMILES string of the molecule is c1ccc(-c2ccc3c4c5c6ccccc6oc5c5c6ccccc6sc5c4n(-c4nc(-c5ccccc5)c5ccccc5n4)c3c2)cc1. The second-order valence-electron chi connectivity index (χ2n) is 12.5. The van der Waals surface area contributed by atoms with Crippen molar-refractivity contribution >= 4 is 86.2 Å². The van der Waals surface area contributed by atoms with Crippen LogP contribution in [0.1, 0.15) is 0 Å². The van der Waals surface area contributed by atoms with Crippen LogP contribution in [-0.4, -0.2) is 14.5 Å². The van der Waals surface area contributed by atoms with Gasteiger partial charge in [-0.25, -0.2) is 9.97 Å². The maximum absolute atomic E-state index is 6.80. The van der Waals surface area contributed by atoms with Crippen LogP contribution in [0, 0.1) is 0 Å². The van der Waals surface area contributed by atoms with Gasteiger partial charge in [-0.15, -0.1) is 11.3 Å². The lowest BCUT2D eigenvalue weighted by Gasteiger charge is -2.12. The van der Waals surface area contributed by atoms with Gasteiger partial charge in [0.15, 0.2) is 0 Å². The molecular formula is C44H25N3OS. The molecule has 4 aromatic heterocycles. The number of hydrogen-bond acceptors (Lipinski definition) is 4. The second-order valence-corrected chi connectivity index (χ2v) is 13.6. The Labute approximate surface area is 284 Å². The van der Waals surface area contributed by atoms with E-state index in [2.05, 4.69) is 144 Å². The predicted octanol–water partition coefficient (Wildman–Crippen LogP) is 12.3. The quantitative estimate of drug-likeness (QED) is 0.192. The highest BCUT2D eigenvalue weighted by Crippen LogP contribution is 2.50. The third kappa shape index (κ3) is 3.79. The molecule has 228 valence electrons. The Hall–Kier alpha value is -6.30. The van der Waals surface area contributed by atoms with Crippen LogP contribution >= 0.6 is 11.3 Å². The minimum Gasteiger partial charge on any atom is -0.455 e. The van der Waals surface area contributed by atoms with Crippen LogP contribution in [0.15, 0.2) is 156 Å². The Morgan fingerprint density at radius 3 is 2.04 bits per heavy atom. The van der Waals surface area contributed by atoms with Crippen LogP contribution < -0.4 is 0 Å². The summed E-state index contributed by atoms with van der Waals surface area (Å²) in [5.74, 6) is 0.647. The number of para-hydroxylation sites is 2. The zero-order valence-corrected chi connectivity index (χ0v) is 26.9. The molecule has 5 heteroatoms. The number of furan rings is 1. The Balaban J connectivity index is 1.40. The zero-order valence-electron chi connectivity index (χ0n) is 26.1. The maximum atomic E-state index is 6.80. The van der Waals surface area contributed by atoms with Gasteiger partial charge >= 0.3 is 0 Å². The van der Waals surface area contributed by atoms with E-state index in [0.717, 1.165) is 82.4 Å². The second kappa shape index (κ2) is 10.1. The highest BCUT2D eigenvalue weighted by Gasteiger charge is 2.27. The normalized spacial score (nSPS) is 12.1. The molecule has 0 N–H and O–H groups in total. The molecule has 0 radical (unpaired) electrons. The van der Waals surface area contributed by atoms with E-state index in [0.29, 0.717) is 5.95 Å². The Kier molecular flexibility index (Phi) is 5.51. The Bertz CT molecular complexity index is 3100. The molecule has 4 heterocycles. The lowest BCUT2D eigenvalue weighted by Crippen LogP contribution is -2.03. The molecule has 0 saturated carbocycles. The standard InChI is InChI=1S/C44H25N3OS/c1-3-13-26(14-4-1)28-23-24-30-34(25-28)47(44-45-33-20-10-7-17-29(33)40(46-44)27-15-5-2-6-16-27)41-37(30)38-31-18-8-11-21-35(31)48-42(38)39-32-19-9-12-22-36(32)49-43(39)41/h1-25H. The first-order valence-corrected chi connectivity index (χ1v) is 17.2. The molecule has 0 aliphatic heterocycles. The summed E-state index contributed by atoms with van der Waals surface area (Å²) in [6.07, 6.45) is 0. The van der Waals surface area contributed by atoms with Gasteiger partial charge in [-0.1, -0.05) is 127 Å². The maximum Gasteiger partial charge on any atom is 0.235 e. The average Bonchev–Trinajstić information content (AvgIpc) is 3.84. The molecule has 4 nitrogen and oxygen atoms in total. The number of rotatable bonds is 3. The molecule has 0 fully saturated rings. The van der Waals surface area contributed by atoms with Crippen molar-refractivity contribution in [2.75, 3.05) is 0 Å². The topological polar surface area (TPSA) is 43.9 Å². The minimum atomic E-state index is 0.647. The summed E-state index contributed by atoms with van der Waals surface area (Å²) in [6.45, 7) is 0. The molecule has 0 aliphatic carbocycles. The van der Waals surface area contributed by atoms with Crippen molar-refractivity contribution in [1.29, 1.82) is 0 Å². The first-order valence-electron chi connectivity index (χ1n) is 16.4. The van der Waals surface area contributed by atoms with E-state index < -0.39 is 0 Å². The molecule has 0 unspecified atom stereocenters. The molecule has 0 atom stereocenters. The predicted molar refractivity (Wildman–Crippen MR) is 205 cm³/mol. The summed E-state index contributed by atoms with van der Waals surface area (Å²) >= 11 is 1.81. The lowest BCUT2D eigenvalue weighted by molar-refractivity contribution is 0.673. The van der Waals surface area contributed by atoms with Crippen LogP contribution in [0.3, 0.4) is 0 Å². The summed E-state index contributed by atoms with van der Waals surface area (Å²) in [5, 5.41) is 7.89. The summed E-state index contributed by atoms with van der Waals surface area (Å²) in [7, 11) is 0. The number of aromatic nitrogens is 3. The summed E-state index contributed by atoms with van der Waals surface area (Å²) in [5.41, 5.74) is 9.16. The summed E-state index contributed by atoms with van der Waals surface area (Å²) < 4.78 is 11.5. The fourth-order valence-corrected chi connectivity index (χ4v) is 8.90. The summed E-state index contributed by atoms with van der Waals surface area (Å²) in [6, 6.07) is 53.2. The van der Waals surface area contributed by atoms with Gasteiger partial charge in [0.25, 0.3) is 0 Å². The van der Waals surface area contributed by atoms with Crippen molar-refractivity contribution in [2.45, 2.75) is 0 Å². The highest BCUT2D eigenvalue weighted by atomic mass is 32.1. The Morgan fingerprint density at radius 2 is 1.20 bits per heavy atom. The van der Waals surface area contributed by atoms with Gasteiger partial charge in [0.2, 0.25) is 5.95 Å². The van der Waals surface area contributed by atoms with E-state index in [4.69, 9.17) is 14.4 Å². The largest absolute Gasteiger partial charge is 0.455 e. The van der Waals surface area contributed by atoms with Crippen molar-refractivity contribution in [2.24, 2.45) is 0 Å². The van der Waals surface area contributed by atoms with Gasteiger partial charge in [0, 0.05) is 48.0 Å². The lowest BCUT2D eigenvalue weighted by atomic mass is 10.00. The van der Waals surface area contributed by atoms with E-state index >= 15 is 0 Å². The first-order chi connectivity index (χ1) is 24.3. The van der Waals surface area contributed by atoms with Gasteiger partial charge < -0.3 is 4.42 Å². The van der Waals surface area contributed by atoms with Crippen molar-refractivity contribution in [3.63, 3.8) is 0 Å². The van der Waals surface area contributed by atoms with E-state index in [-0.39, 0.29) is 0 Å². The Morgan fingerprint density at radius 1 is 0.510 bits per heavy atom. The number of fused-ring (bicyclic) bond motifs is 13. The molecule has 49 heavy (non-hydrogen) atoms. The van der Waals surface area contributed by atoms with Crippen LogP contribution in [0.25, 0.3) is 103 Å². The van der Waals surface area contributed by atoms with Gasteiger partial charge in [-0.2, -0.15) is 0 Å². The van der Waals surface area contributed by atoms with Crippen molar-refractivity contribution in [3.8, 4) is 28.3 Å². The van der Waals surface area contributed by atoms with Crippen LogP contribution in [0.4, 0.5) is 0 Å². The fraction of sp³-hybridized carbons (Fsp3) is 0. The molecular weight excluding hydrogens is 619 g/mol. The third-order valence-corrected chi connectivity index (χ3v) is 11.0. The van der Waals surface area contributed by atoms with Gasteiger partial charge in [-0.05, 0) is 35.4 Å². The van der Waals surface area contributed by atoms with Crippen LogP contribution in [0.5, 0.6) is 0 Å². The number of thiophene rings is 1. The molecule has 11 aromatic rings. The molecule has 11 rings (SSSR count). The number of nitrogens with zero attached hydrogens (tertiary/aromatic N) is 3. The van der Waals surface area contributed by atoms with Crippen molar-refractivity contribution < 1.29 is 4.42 Å². The van der Waals surface area contributed by atoms with Gasteiger partial charge in [-0.3, -0.25) is 4.57 Å².